The summed E-state index contributed by atoms with van der Waals surface area (Å²) in [6.45, 7) is 0.640. The van der Waals surface area contributed by atoms with E-state index >= 15 is 0 Å². The number of benzene rings is 1. The monoisotopic (exact) mass is 273 g/mol. The number of nitrogens with one attached hydrogen (secondary N) is 1. The van der Waals surface area contributed by atoms with Gasteiger partial charge in [0.15, 0.2) is 0 Å². The highest BCUT2D eigenvalue weighted by atomic mass is 16.5. The summed E-state index contributed by atoms with van der Waals surface area (Å²) in [7, 11) is 1.64. The van der Waals surface area contributed by atoms with Gasteiger partial charge in [-0.15, -0.1) is 0 Å². The first-order chi connectivity index (χ1) is 9.78. The summed E-state index contributed by atoms with van der Waals surface area (Å²) in [5, 5.41) is 2.91. The van der Waals surface area contributed by atoms with Crippen molar-refractivity contribution in [2.45, 2.75) is 19.3 Å². The summed E-state index contributed by atoms with van der Waals surface area (Å²) in [6, 6.07) is 9.69. The van der Waals surface area contributed by atoms with Crippen molar-refractivity contribution in [3.63, 3.8) is 0 Å². The molecule has 2 aromatic rings. The van der Waals surface area contributed by atoms with Crippen molar-refractivity contribution in [1.82, 2.24) is 5.32 Å². The van der Waals surface area contributed by atoms with Gasteiger partial charge in [0.2, 0.25) is 5.91 Å². The van der Waals surface area contributed by atoms with E-state index in [-0.39, 0.29) is 5.91 Å². The number of carbonyl (C=O) groups excluding carboxylic acids is 1. The molecule has 0 aliphatic rings. The predicted molar refractivity (Wildman–Crippen MR) is 76.7 cm³/mol. The fourth-order valence-electron chi connectivity index (χ4n) is 1.92. The van der Waals surface area contributed by atoms with E-state index in [2.05, 4.69) is 5.32 Å². The van der Waals surface area contributed by atoms with Crippen molar-refractivity contribution >= 4 is 5.91 Å². The minimum atomic E-state index is 0.0734. The third-order valence-electron chi connectivity index (χ3n) is 3.12. The maximum Gasteiger partial charge on any atom is 0.220 e. The van der Waals surface area contributed by atoms with Gasteiger partial charge in [0.1, 0.15) is 5.75 Å². The molecular weight excluding hydrogens is 254 g/mol. The van der Waals surface area contributed by atoms with Gasteiger partial charge in [0.05, 0.1) is 19.6 Å². The number of ether oxygens (including phenoxy) is 1. The van der Waals surface area contributed by atoms with Gasteiger partial charge in [-0.2, -0.15) is 0 Å². The van der Waals surface area contributed by atoms with E-state index < -0.39 is 0 Å². The largest absolute Gasteiger partial charge is 0.497 e. The van der Waals surface area contributed by atoms with Crippen LogP contribution in [0.1, 0.15) is 17.5 Å². The molecule has 0 unspecified atom stereocenters. The van der Waals surface area contributed by atoms with Gasteiger partial charge >= 0.3 is 0 Å². The van der Waals surface area contributed by atoms with Crippen molar-refractivity contribution in [2.75, 3.05) is 13.7 Å². The molecular formula is C16H19NO3. The van der Waals surface area contributed by atoms with Crippen LogP contribution in [0.2, 0.25) is 0 Å². The molecule has 0 fully saturated rings. The van der Waals surface area contributed by atoms with Crippen LogP contribution in [0.25, 0.3) is 0 Å². The molecule has 1 heterocycles. The second-order valence-corrected chi connectivity index (χ2v) is 4.58. The molecule has 0 radical (unpaired) electrons. The highest BCUT2D eigenvalue weighted by molar-refractivity contribution is 5.76. The molecule has 0 aliphatic heterocycles. The van der Waals surface area contributed by atoms with Crippen LogP contribution in [-0.4, -0.2) is 19.6 Å². The Kier molecular flexibility index (Phi) is 5.24. The van der Waals surface area contributed by atoms with E-state index in [4.69, 9.17) is 9.15 Å². The zero-order chi connectivity index (χ0) is 14.2. The lowest BCUT2D eigenvalue weighted by atomic mass is 10.1. The van der Waals surface area contributed by atoms with Crippen molar-refractivity contribution < 1.29 is 13.9 Å². The van der Waals surface area contributed by atoms with Gasteiger partial charge in [-0.3, -0.25) is 4.79 Å². The zero-order valence-corrected chi connectivity index (χ0v) is 11.6. The first-order valence-electron chi connectivity index (χ1n) is 6.68. The quantitative estimate of drug-likeness (QED) is 0.843. The summed E-state index contributed by atoms with van der Waals surface area (Å²) >= 11 is 0. The molecule has 0 aliphatic carbocycles. The number of aryl methyl sites for hydroxylation is 1. The third kappa shape index (κ3) is 4.46. The lowest BCUT2D eigenvalue weighted by Gasteiger charge is -2.05. The Hall–Kier alpha value is -2.23. The maximum atomic E-state index is 11.7. The average Bonchev–Trinajstić information content (AvgIpc) is 2.99. The Morgan fingerprint density at radius 3 is 2.60 bits per heavy atom. The Balaban J connectivity index is 1.66. The Bertz CT molecular complexity index is 517. The second kappa shape index (κ2) is 7.38. The Morgan fingerprint density at radius 2 is 1.95 bits per heavy atom. The molecule has 20 heavy (non-hydrogen) atoms. The number of hydrogen-bond donors (Lipinski definition) is 1. The fourth-order valence-corrected chi connectivity index (χ4v) is 1.92. The highest BCUT2D eigenvalue weighted by Crippen LogP contribution is 2.12. The second-order valence-electron chi connectivity index (χ2n) is 4.58. The summed E-state index contributed by atoms with van der Waals surface area (Å²) in [5.74, 6) is 0.905. The van der Waals surface area contributed by atoms with Crippen LogP contribution in [0.4, 0.5) is 0 Å². The SMILES string of the molecule is COc1ccc(CCC(=O)NCCc2ccoc2)cc1. The Morgan fingerprint density at radius 1 is 1.15 bits per heavy atom. The molecule has 0 saturated heterocycles. The number of methoxy groups -OCH3 is 1. The lowest BCUT2D eigenvalue weighted by Crippen LogP contribution is -2.25. The summed E-state index contributed by atoms with van der Waals surface area (Å²) in [4.78, 5) is 11.7. The normalized spacial score (nSPS) is 10.2. The van der Waals surface area contributed by atoms with Gasteiger partial charge in [0.25, 0.3) is 0 Å². The molecule has 1 amide bonds. The number of amides is 1. The Labute approximate surface area is 118 Å². The van der Waals surface area contributed by atoms with E-state index in [1.54, 1.807) is 19.6 Å². The highest BCUT2D eigenvalue weighted by Gasteiger charge is 2.03. The van der Waals surface area contributed by atoms with Crippen LogP contribution < -0.4 is 10.1 Å². The number of furan rings is 1. The number of carbonyl (C=O) groups is 1. The standard InChI is InChI=1S/C16H19NO3/c1-19-15-5-2-13(3-6-15)4-7-16(18)17-10-8-14-9-11-20-12-14/h2-3,5-6,9,11-12H,4,7-8,10H2,1H3,(H,17,18). The zero-order valence-electron chi connectivity index (χ0n) is 11.6. The van der Waals surface area contributed by atoms with Gasteiger partial charge in [-0.05, 0) is 42.2 Å². The van der Waals surface area contributed by atoms with E-state index in [0.717, 1.165) is 29.7 Å². The summed E-state index contributed by atoms with van der Waals surface area (Å²) in [5.41, 5.74) is 2.23. The van der Waals surface area contributed by atoms with Gasteiger partial charge < -0.3 is 14.5 Å². The molecule has 1 N–H and O–H groups in total. The topological polar surface area (TPSA) is 51.5 Å². The maximum absolute atomic E-state index is 11.7. The average molecular weight is 273 g/mol. The van der Waals surface area contributed by atoms with E-state index in [1.807, 2.05) is 30.3 Å². The minimum Gasteiger partial charge on any atom is -0.497 e. The van der Waals surface area contributed by atoms with Gasteiger partial charge in [-0.1, -0.05) is 12.1 Å². The summed E-state index contributed by atoms with van der Waals surface area (Å²) < 4.78 is 10.1. The summed E-state index contributed by atoms with van der Waals surface area (Å²) in [6.07, 6.45) is 5.37. The van der Waals surface area contributed by atoms with Crippen LogP contribution in [0.5, 0.6) is 5.75 Å². The third-order valence-corrected chi connectivity index (χ3v) is 3.12. The van der Waals surface area contributed by atoms with Crippen molar-refractivity contribution in [1.29, 1.82) is 0 Å². The first-order valence-corrected chi connectivity index (χ1v) is 6.68. The van der Waals surface area contributed by atoms with E-state index in [0.29, 0.717) is 13.0 Å². The van der Waals surface area contributed by atoms with E-state index in [9.17, 15) is 4.79 Å². The smallest absolute Gasteiger partial charge is 0.220 e. The van der Waals surface area contributed by atoms with Crippen LogP contribution in [0.15, 0.2) is 47.3 Å². The molecule has 106 valence electrons. The van der Waals surface area contributed by atoms with Crippen molar-refractivity contribution in [3.8, 4) is 5.75 Å². The molecule has 0 bridgehead atoms. The minimum absolute atomic E-state index is 0.0734. The van der Waals surface area contributed by atoms with Gasteiger partial charge in [0, 0.05) is 13.0 Å². The van der Waals surface area contributed by atoms with Crippen LogP contribution >= 0.6 is 0 Å². The molecule has 4 heteroatoms. The van der Waals surface area contributed by atoms with Gasteiger partial charge in [-0.25, -0.2) is 0 Å². The molecule has 0 saturated carbocycles. The van der Waals surface area contributed by atoms with E-state index in [1.165, 1.54) is 0 Å². The molecule has 4 nitrogen and oxygen atoms in total. The predicted octanol–water partition coefficient (Wildman–Crippen LogP) is 2.58. The van der Waals surface area contributed by atoms with Crippen LogP contribution in [0.3, 0.4) is 0 Å². The molecule has 0 spiro atoms. The lowest BCUT2D eigenvalue weighted by molar-refractivity contribution is -0.121. The molecule has 1 aromatic heterocycles. The number of hydrogen-bond acceptors (Lipinski definition) is 3. The molecule has 1 aromatic carbocycles. The van der Waals surface area contributed by atoms with Crippen LogP contribution in [-0.2, 0) is 17.6 Å². The number of rotatable bonds is 7. The van der Waals surface area contributed by atoms with Crippen molar-refractivity contribution in [2.24, 2.45) is 0 Å². The fraction of sp³-hybridized carbons (Fsp3) is 0.312. The molecule has 0 atom stereocenters. The first kappa shape index (κ1) is 14.2. The van der Waals surface area contributed by atoms with Crippen molar-refractivity contribution in [3.05, 3.63) is 54.0 Å². The van der Waals surface area contributed by atoms with Crippen LogP contribution in [0, 0.1) is 0 Å². The molecule has 2 rings (SSSR count).